The summed E-state index contributed by atoms with van der Waals surface area (Å²) in [6.07, 6.45) is 0.527. The van der Waals surface area contributed by atoms with Crippen LogP contribution in [0.5, 0.6) is 0 Å². The highest BCUT2D eigenvalue weighted by atomic mass is 35.5. The van der Waals surface area contributed by atoms with E-state index in [9.17, 15) is 4.79 Å². The molecule has 0 bridgehead atoms. The molecule has 110 valence electrons. The molecule has 1 amide bonds. The van der Waals surface area contributed by atoms with E-state index in [0.29, 0.717) is 13.0 Å². The van der Waals surface area contributed by atoms with Crippen molar-refractivity contribution in [2.45, 2.75) is 36.4 Å². The van der Waals surface area contributed by atoms with Crippen molar-refractivity contribution < 1.29 is 4.79 Å². The van der Waals surface area contributed by atoms with Crippen LogP contribution in [0.25, 0.3) is 0 Å². The fraction of sp³-hybridized carbons (Fsp3) is 0.533. The van der Waals surface area contributed by atoms with Crippen LogP contribution in [-0.4, -0.2) is 22.5 Å². The van der Waals surface area contributed by atoms with Crippen molar-refractivity contribution in [3.05, 3.63) is 29.3 Å². The average Bonchev–Trinajstić information content (AvgIpc) is 2.89. The standard InChI is InChI=1S/C15H19Cl2NOS/c1-10-4-5-12(8-11(10)2)20-7-6-18-13(19)14(3)9-15(14,16)17/h4-5,8H,6-7,9H2,1-3H3,(H,18,19). The molecule has 1 fully saturated rings. The van der Waals surface area contributed by atoms with Gasteiger partial charge in [0.15, 0.2) is 0 Å². The van der Waals surface area contributed by atoms with Gasteiger partial charge >= 0.3 is 0 Å². The van der Waals surface area contributed by atoms with E-state index >= 15 is 0 Å². The van der Waals surface area contributed by atoms with Crippen LogP contribution in [0.2, 0.25) is 0 Å². The zero-order chi connectivity index (χ0) is 15.0. The van der Waals surface area contributed by atoms with E-state index in [0.717, 1.165) is 5.75 Å². The summed E-state index contributed by atoms with van der Waals surface area (Å²) in [4.78, 5) is 13.2. The van der Waals surface area contributed by atoms with E-state index in [1.807, 2.05) is 0 Å². The molecule has 2 nitrogen and oxygen atoms in total. The van der Waals surface area contributed by atoms with Gasteiger partial charge < -0.3 is 5.32 Å². The van der Waals surface area contributed by atoms with Gasteiger partial charge in [-0.05, 0) is 50.5 Å². The minimum Gasteiger partial charge on any atom is -0.355 e. The number of carbonyl (C=O) groups is 1. The normalized spacial score (nSPS) is 23.4. The van der Waals surface area contributed by atoms with Gasteiger partial charge in [-0.3, -0.25) is 4.79 Å². The molecule has 0 heterocycles. The third-order valence-electron chi connectivity index (χ3n) is 3.89. The molecule has 0 aliphatic heterocycles. The second-order valence-corrected chi connectivity index (χ2v) is 8.22. The zero-order valence-electron chi connectivity index (χ0n) is 11.9. The summed E-state index contributed by atoms with van der Waals surface area (Å²) < 4.78 is -0.891. The highest BCUT2D eigenvalue weighted by Gasteiger charge is 2.67. The van der Waals surface area contributed by atoms with Crippen LogP contribution in [0.1, 0.15) is 24.5 Å². The monoisotopic (exact) mass is 331 g/mol. The maximum absolute atomic E-state index is 12.0. The van der Waals surface area contributed by atoms with Gasteiger partial charge in [-0.15, -0.1) is 35.0 Å². The number of hydrogen-bond donors (Lipinski definition) is 1. The quantitative estimate of drug-likeness (QED) is 0.500. The molecular weight excluding hydrogens is 313 g/mol. The minimum atomic E-state index is -0.891. The van der Waals surface area contributed by atoms with Gasteiger partial charge in [0.2, 0.25) is 5.91 Å². The first kappa shape index (κ1) is 16.0. The largest absolute Gasteiger partial charge is 0.355 e. The summed E-state index contributed by atoms with van der Waals surface area (Å²) in [5.74, 6) is 0.783. The summed E-state index contributed by atoms with van der Waals surface area (Å²) in [6, 6.07) is 6.41. The predicted octanol–water partition coefficient (Wildman–Crippen LogP) is 4.10. The van der Waals surface area contributed by atoms with Crippen LogP contribution in [0.4, 0.5) is 0 Å². The number of amides is 1. The number of benzene rings is 1. The van der Waals surface area contributed by atoms with Crippen molar-refractivity contribution in [1.82, 2.24) is 5.32 Å². The van der Waals surface area contributed by atoms with Crippen LogP contribution in [0.15, 0.2) is 23.1 Å². The van der Waals surface area contributed by atoms with Gasteiger partial charge in [0.05, 0.1) is 5.41 Å². The Kier molecular flexibility index (Phi) is 4.63. The van der Waals surface area contributed by atoms with Crippen LogP contribution >= 0.6 is 35.0 Å². The summed E-state index contributed by atoms with van der Waals surface area (Å²) in [5.41, 5.74) is 1.96. The van der Waals surface area contributed by atoms with Crippen molar-refractivity contribution in [3.8, 4) is 0 Å². The van der Waals surface area contributed by atoms with Crippen molar-refractivity contribution >= 4 is 40.9 Å². The third kappa shape index (κ3) is 3.26. The first-order chi connectivity index (χ1) is 9.26. The number of hydrogen-bond acceptors (Lipinski definition) is 2. The molecule has 1 aliphatic rings. The van der Waals surface area contributed by atoms with Gasteiger partial charge in [-0.2, -0.15) is 0 Å². The third-order valence-corrected chi connectivity index (χ3v) is 5.99. The van der Waals surface area contributed by atoms with Gasteiger partial charge in [0.1, 0.15) is 4.33 Å². The lowest BCUT2D eigenvalue weighted by atomic mass is 10.1. The number of thioether (sulfide) groups is 1. The van der Waals surface area contributed by atoms with Crippen molar-refractivity contribution in [1.29, 1.82) is 0 Å². The van der Waals surface area contributed by atoms with Gasteiger partial charge in [-0.25, -0.2) is 0 Å². The molecule has 1 unspecified atom stereocenters. The number of rotatable bonds is 5. The predicted molar refractivity (Wildman–Crippen MR) is 86.8 cm³/mol. The highest BCUT2D eigenvalue weighted by molar-refractivity contribution is 7.99. The van der Waals surface area contributed by atoms with E-state index in [1.165, 1.54) is 16.0 Å². The molecule has 0 saturated heterocycles. The van der Waals surface area contributed by atoms with E-state index in [-0.39, 0.29) is 5.91 Å². The summed E-state index contributed by atoms with van der Waals surface area (Å²) in [5, 5.41) is 2.91. The maximum atomic E-state index is 12.0. The summed E-state index contributed by atoms with van der Waals surface area (Å²) >= 11 is 13.7. The average molecular weight is 332 g/mol. The smallest absolute Gasteiger partial charge is 0.229 e. The molecule has 1 aromatic rings. The Morgan fingerprint density at radius 1 is 1.35 bits per heavy atom. The Morgan fingerprint density at radius 3 is 2.55 bits per heavy atom. The molecule has 1 aliphatic carbocycles. The highest BCUT2D eigenvalue weighted by Crippen LogP contribution is 2.63. The Balaban J connectivity index is 1.74. The molecule has 1 aromatic carbocycles. The van der Waals surface area contributed by atoms with E-state index < -0.39 is 9.75 Å². The maximum Gasteiger partial charge on any atom is 0.229 e. The van der Waals surface area contributed by atoms with E-state index in [2.05, 4.69) is 37.4 Å². The molecule has 1 saturated carbocycles. The van der Waals surface area contributed by atoms with Crippen LogP contribution in [0, 0.1) is 19.3 Å². The van der Waals surface area contributed by atoms with Crippen molar-refractivity contribution in [2.75, 3.05) is 12.3 Å². The Bertz CT molecular complexity index is 533. The topological polar surface area (TPSA) is 29.1 Å². The molecule has 0 aromatic heterocycles. The van der Waals surface area contributed by atoms with E-state index in [1.54, 1.807) is 18.7 Å². The fourth-order valence-electron chi connectivity index (χ4n) is 1.98. The summed E-state index contributed by atoms with van der Waals surface area (Å²) in [7, 11) is 0. The fourth-order valence-corrected chi connectivity index (χ4v) is 3.55. The van der Waals surface area contributed by atoms with Crippen LogP contribution < -0.4 is 5.32 Å². The lowest BCUT2D eigenvalue weighted by Crippen LogP contribution is -2.34. The van der Waals surface area contributed by atoms with E-state index in [4.69, 9.17) is 23.2 Å². The number of nitrogens with one attached hydrogen (secondary N) is 1. The Hall–Kier alpha value is -0.380. The van der Waals surface area contributed by atoms with Gasteiger partial charge in [-0.1, -0.05) is 6.07 Å². The van der Waals surface area contributed by atoms with Gasteiger partial charge in [0, 0.05) is 17.2 Å². The first-order valence-corrected chi connectivity index (χ1v) is 8.37. The molecule has 5 heteroatoms. The molecular formula is C15H19Cl2NOS. The number of alkyl halides is 2. The Labute approximate surface area is 134 Å². The van der Waals surface area contributed by atoms with Crippen molar-refractivity contribution in [2.24, 2.45) is 5.41 Å². The molecule has 1 N–H and O–H groups in total. The molecule has 20 heavy (non-hydrogen) atoms. The zero-order valence-corrected chi connectivity index (χ0v) is 14.3. The minimum absolute atomic E-state index is 0.0526. The molecule has 0 spiro atoms. The summed E-state index contributed by atoms with van der Waals surface area (Å²) in [6.45, 7) is 6.63. The lowest BCUT2D eigenvalue weighted by Gasteiger charge is -2.12. The Morgan fingerprint density at radius 2 is 2.00 bits per heavy atom. The second kappa shape index (κ2) is 5.78. The van der Waals surface area contributed by atoms with Crippen LogP contribution in [-0.2, 0) is 4.79 Å². The molecule has 0 radical (unpaired) electrons. The molecule has 2 rings (SSSR count). The number of aryl methyl sites for hydroxylation is 2. The lowest BCUT2D eigenvalue weighted by molar-refractivity contribution is -0.125. The molecule has 1 atom stereocenters. The van der Waals surface area contributed by atoms with Crippen LogP contribution in [0.3, 0.4) is 0 Å². The number of carbonyl (C=O) groups excluding carboxylic acids is 1. The number of halogens is 2. The first-order valence-electron chi connectivity index (χ1n) is 6.62. The SMILES string of the molecule is Cc1ccc(SCCNC(=O)C2(C)CC2(Cl)Cl)cc1C. The van der Waals surface area contributed by atoms with Gasteiger partial charge in [0.25, 0.3) is 0 Å². The van der Waals surface area contributed by atoms with Crippen molar-refractivity contribution in [3.63, 3.8) is 0 Å². The second-order valence-electron chi connectivity index (χ2n) is 5.56.